The largest absolute Gasteiger partial charge is 0.496 e. The molecule has 0 saturated heterocycles. The maximum atomic E-state index is 13.3. The summed E-state index contributed by atoms with van der Waals surface area (Å²) in [5, 5.41) is 3.04. The zero-order valence-electron chi connectivity index (χ0n) is 17.4. The van der Waals surface area contributed by atoms with E-state index in [1.807, 2.05) is 60.8 Å². The molecular formula is C25H24FN3OS. The lowest BCUT2D eigenvalue weighted by Gasteiger charge is -2.21. The number of nitrogens with zero attached hydrogens (tertiary/aromatic N) is 3. The summed E-state index contributed by atoms with van der Waals surface area (Å²) in [6, 6.07) is 20.6. The second kappa shape index (κ2) is 10.3. The molecule has 0 aliphatic heterocycles. The number of ether oxygens (including phenoxy) is 1. The van der Waals surface area contributed by atoms with Crippen molar-refractivity contribution in [3.05, 3.63) is 101 Å². The van der Waals surface area contributed by atoms with Gasteiger partial charge < -0.3 is 4.74 Å². The molecule has 0 unspecified atom stereocenters. The Morgan fingerprint density at radius 3 is 2.52 bits per heavy atom. The maximum absolute atomic E-state index is 13.3. The van der Waals surface area contributed by atoms with Gasteiger partial charge in [-0.2, -0.15) is 0 Å². The Labute approximate surface area is 186 Å². The number of methoxy groups -OCH3 is 1. The van der Waals surface area contributed by atoms with Crippen molar-refractivity contribution in [3.63, 3.8) is 0 Å². The molecule has 0 bridgehead atoms. The van der Waals surface area contributed by atoms with Gasteiger partial charge in [0.25, 0.3) is 0 Å². The average molecular weight is 434 g/mol. The van der Waals surface area contributed by atoms with E-state index >= 15 is 0 Å². The fraction of sp³-hybridized carbons (Fsp3) is 0.200. The molecule has 6 heteroatoms. The summed E-state index contributed by atoms with van der Waals surface area (Å²) < 4.78 is 18.8. The molecule has 4 nitrogen and oxygen atoms in total. The average Bonchev–Trinajstić information content (AvgIpc) is 3.28. The number of hydrogen-bond donors (Lipinski definition) is 0. The van der Waals surface area contributed by atoms with Gasteiger partial charge in [0, 0.05) is 43.3 Å². The van der Waals surface area contributed by atoms with E-state index in [4.69, 9.17) is 9.72 Å². The highest BCUT2D eigenvalue weighted by atomic mass is 32.1. The Morgan fingerprint density at radius 2 is 1.74 bits per heavy atom. The first-order valence-electron chi connectivity index (χ1n) is 10.2. The third-order valence-electron chi connectivity index (χ3n) is 5.00. The highest BCUT2D eigenvalue weighted by Crippen LogP contribution is 2.32. The van der Waals surface area contributed by atoms with Gasteiger partial charge in [-0.15, -0.1) is 11.3 Å². The molecular weight excluding hydrogens is 409 g/mol. The summed E-state index contributed by atoms with van der Waals surface area (Å²) in [5.41, 5.74) is 4.14. The Balaban J connectivity index is 1.51. The summed E-state index contributed by atoms with van der Waals surface area (Å²) >= 11 is 1.62. The Hall–Kier alpha value is -3.09. The van der Waals surface area contributed by atoms with Gasteiger partial charge in [0.2, 0.25) is 0 Å². The van der Waals surface area contributed by atoms with Crippen molar-refractivity contribution in [2.45, 2.75) is 19.5 Å². The molecule has 2 aromatic carbocycles. The lowest BCUT2D eigenvalue weighted by atomic mass is 10.2. The lowest BCUT2D eigenvalue weighted by molar-refractivity contribution is 0.256. The van der Waals surface area contributed by atoms with Crippen LogP contribution >= 0.6 is 11.3 Å². The zero-order chi connectivity index (χ0) is 21.5. The number of rotatable bonds is 9. The second-order valence-corrected chi connectivity index (χ2v) is 8.11. The molecule has 0 saturated carbocycles. The Bertz CT molecular complexity index is 1100. The third-order valence-corrected chi connectivity index (χ3v) is 5.93. The number of aromatic nitrogens is 2. The van der Waals surface area contributed by atoms with Crippen LogP contribution in [-0.2, 0) is 19.5 Å². The van der Waals surface area contributed by atoms with E-state index in [-0.39, 0.29) is 5.82 Å². The third kappa shape index (κ3) is 5.75. The minimum Gasteiger partial charge on any atom is -0.496 e. The first-order valence-corrected chi connectivity index (χ1v) is 11.0. The summed E-state index contributed by atoms with van der Waals surface area (Å²) in [5.74, 6) is 0.603. The molecule has 0 aliphatic rings. The number of para-hydroxylation sites is 1. The lowest BCUT2D eigenvalue weighted by Crippen LogP contribution is -2.25. The fourth-order valence-electron chi connectivity index (χ4n) is 3.43. The molecule has 0 amide bonds. The summed E-state index contributed by atoms with van der Waals surface area (Å²) in [4.78, 5) is 11.6. The predicted molar refractivity (Wildman–Crippen MR) is 123 cm³/mol. The van der Waals surface area contributed by atoms with E-state index in [0.29, 0.717) is 13.1 Å². The van der Waals surface area contributed by atoms with Crippen molar-refractivity contribution in [1.82, 2.24) is 14.9 Å². The topological polar surface area (TPSA) is 38.2 Å². The quantitative estimate of drug-likeness (QED) is 0.344. The summed E-state index contributed by atoms with van der Waals surface area (Å²) in [6.07, 6.45) is 2.66. The molecule has 0 fully saturated rings. The number of thiazole rings is 1. The van der Waals surface area contributed by atoms with Crippen LogP contribution < -0.4 is 4.74 Å². The molecule has 158 valence electrons. The molecule has 4 rings (SSSR count). The molecule has 0 aliphatic carbocycles. The van der Waals surface area contributed by atoms with Crippen LogP contribution in [0.25, 0.3) is 10.6 Å². The van der Waals surface area contributed by atoms with Crippen LogP contribution in [0.1, 0.15) is 17.0 Å². The molecule has 0 N–H and O–H groups in total. The van der Waals surface area contributed by atoms with Gasteiger partial charge in [-0.05, 0) is 42.0 Å². The van der Waals surface area contributed by atoms with Gasteiger partial charge >= 0.3 is 0 Å². The van der Waals surface area contributed by atoms with Crippen molar-refractivity contribution in [2.75, 3.05) is 13.7 Å². The summed E-state index contributed by atoms with van der Waals surface area (Å²) in [7, 11) is 1.68. The van der Waals surface area contributed by atoms with Crippen LogP contribution in [0.5, 0.6) is 5.75 Å². The van der Waals surface area contributed by atoms with Crippen LogP contribution in [0.15, 0.2) is 78.3 Å². The van der Waals surface area contributed by atoms with Crippen LogP contribution in [0.3, 0.4) is 0 Å². The number of halogens is 1. The first-order chi connectivity index (χ1) is 15.2. The van der Waals surface area contributed by atoms with Gasteiger partial charge in [-0.25, -0.2) is 9.37 Å². The molecule has 0 atom stereocenters. The summed E-state index contributed by atoms with van der Waals surface area (Å²) in [6.45, 7) is 2.25. The molecule has 0 spiro atoms. The first kappa shape index (κ1) is 21.2. The highest BCUT2D eigenvalue weighted by molar-refractivity contribution is 7.13. The van der Waals surface area contributed by atoms with Crippen molar-refractivity contribution < 1.29 is 9.13 Å². The SMILES string of the molecule is COc1ccccc1-c1nc(CN(CCc2ccccn2)Cc2ccc(F)cc2)cs1. The van der Waals surface area contributed by atoms with Crippen LogP contribution in [-0.4, -0.2) is 28.5 Å². The van der Waals surface area contributed by atoms with Gasteiger partial charge in [0.15, 0.2) is 0 Å². The monoisotopic (exact) mass is 433 g/mol. The van der Waals surface area contributed by atoms with E-state index in [1.165, 1.54) is 12.1 Å². The minimum atomic E-state index is -0.218. The number of benzene rings is 2. The van der Waals surface area contributed by atoms with E-state index in [2.05, 4.69) is 15.3 Å². The van der Waals surface area contributed by atoms with Crippen LogP contribution in [0, 0.1) is 5.82 Å². The normalized spacial score (nSPS) is 11.1. The molecule has 2 aromatic heterocycles. The standard InChI is InChI=1S/C25H24FN3OS/c1-30-24-8-3-2-7-23(24)25-28-22(18-31-25)17-29(15-13-21-6-4-5-14-27-21)16-19-9-11-20(26)12-10-19/h2-12,14,18H,13,15-17H2,1H3. The number of pyridine rings is 1. The van der Waals surface area contributed by atoms with Gasteiger partial charge in [-0.1, -0.05) is 30.3 Å². The van der Waals surface area contributed by atoms with Crippen LogP contribution in [0.2, 0.25) is 0 Å². The maximum Gasteiger partial charge on any atom is 0.129 e. The van der Waals surface area contributed by atoms with Crippen molar-refractivity contribution in [1.29, 1.82) is 0 Å². The fourth-order valence-corrected chi connectivity index (χ4v) is 4.27. The van der Waals surface area contributed by atoms with E-state index in [1.54, 1.807) is 18.4 Å². The molecule has 4 aromatic rings. The second-order valence-electron chi connectivity index (χ2n) is 7.25. The van der Waals surface area contributed by atoms with E-state index in [0.717, 1.165) is 46.2 Å². The van der Waals surface area contributed by atoms with Crippen LogP contribution in [0.4, 0.5) is 4.39 Å². The van der Waals surface area contributed by atoms with Crippen molar-refractivity contribution in [3.8, 4) is 16.3 Å². The zero-order valence-corrected chi connectivity index (χ0v) is 18.2. The van der Waals surface area contributed by atoms with E-state index < -0.39 is 0 Å². The smallest absolute Gasteiger partial charge is 0.129 e. The number of hydrogen-bond acceptors (Lipinski definition) is 5. The Kier molecular flexibility index (Phi) is 7.02. The highest BCUT2D eigenvalue weighted by Gasteiger charge is 2.13. The van der Waals surface area contributed by atoms with E-state index in [9.17, 15) is 4.39 Å². The predicted octanol–water partition coefficient (Wildman–Crippen LogP) is 5.60. The van der Waals surface area contributed by atoms with Gasteiger partial charge in [-0.3, -0.25) is 9.88 Å². The minimum absolute atomic E-state index is 0.218. The molecule has 0 radical (unpaired) electrons. The van der Waals surface area contributed by atoms with Crippen molar-refractivity contribution >= 4 is 11.3 Å². The van der Waals surface area contributed by atoms with Gasteiger partial charge in [0.05, 0.1) is 18.4 Å². The Morgan fingerprint density at radius 1 is 0.935 bits per heavy atom. The van der Waals surface area contributed by atoms with Gasteiger partial charge in [0.1, 0.15) is 16.6 Å². The molecule has 2 heterocycles. The molecule has 31 heavy (non-hydrogen) atoms. The van der Waals surface area contributed by atoms with Crippen molar-refractivity contribution in [2.24, 2.45) is 0 Å².